The summed E-state index contributed by atoms with van der Waals surface area (Å²) in [4.78, 5) is 0. The Morgan fingerprint density at radius 1 is 1.40 bits per heavy atom. The zero-order valence-electron chi connectivity index (χ0n) is 12.4. The van der Waals surface area contributed by atoms with Gasteiger partial charge in [0.25, 0.3) is 0 Å². The van der Waals surface area contributed by atoms with E-state index in [9.17, 15) is 8.60 Å². The van der Waals surface area contributed by atoms with Crippen molar-refractivity contribution in [3.8, 4) is 5.75 Å². The molecule has 0 amide bonds. The van der Waals surface area contributed by atoms with Crippen LogP contribution in [0.1, 0.15) is 27.2 Å². The Morgan fingerprint density at radius 2 is 2.05 bits per heavy atom. The van der Waals surface area contributed by atoms with Gasteiger partial charge in [-0.05, 0) is 27.2 Å². The molecule has 1 rings (SSSR count). The van der Waals surface area contributed by atoms with E-state index in [1.165, 1.54) is 6.07 Å². The Bertz CT molecular complexity index is 480. The average Bonchev–Trinajstić information content (AvgIpc) is 2.32. The Balaban J connectivity index is 2.80. The first-order chi connectivity index (χ1) is 9.29. The lowest BCUT2D eigenvalue weighted by atomic mass is 10.2. The van der Waals surface area contributed by atoms with Crippen LogP contribution >= 0.6 is 0 Å². The molecule has 2 unspecified atom stereocenters. The van der Waals surface area contributed by atoms with Crippen molar-refractivity contribution in [2.45, 2.75) is 39.3 Å². The molecule has 0 fully saturated rings. The smallest absolute Gasteiger partial charge is 0.167 e. The molecule has 2 atom stereocenters. The third-order valence-corrected chi connectivity index (χ3v) is 3.52. The van der Waals surface area contributed by atoms with Gasteiger partial charge >= 0.3 is 0 Å². The molecule has 1 aromatic rings. The standard InChI is InChI=1S/C14H23FN2O2S/c1-9(2)19-14-8-13(12(16)7-11(14)15)17-10(3)5-6-20(4)18/h7-10,17H,5-6,16H2,1-4H3. The van der Waals surface area contributed by atoms with Crippen molar-refractivity contribution < 1.29 is 13.3 Å². The number of nitrogens with two attached hydrogens (primary N) is 1. The fourth-order valence-corrected chi connectivity index (χ4v) is 2.40. The Kier molecular flexibility index (Phi) is 6.26. The second-order valence-electron chi connectivity index (χ2n) is 5.15. The predicted octanol–water partition coefficient (Wildman–Crippen LogP) is 2.76. The predicted molar refractivity (Wildman–Crippen MR) is 83.2 cm³/mol. The van der Waals surface area contributed by atoms with Gasteiger partial charge in [-0.1, -0.05) is 0 Å². The van der Waals surface area contributed by atoms with Crippen LogP contribution in [0.25, 0.3) is 0 Å². The minimum Gasteiger partial charge on any atom is -0.488 e. The van der Waals surface area contributed by atoms with Crippen LogP contribution in [0.15, 0.2) is 12.1 Å². The van der Waals surface area contributed by atoms with Gasteiger partial charge in [0.2, 0.25) is 0 Å². The second kappa shape index (κ2) is 7.47. The topological polar surface area (TPSA) is 64.3 Å². The highest BCUT2D eigenvalue weighted by atomic mass is 32.2. The van der Waals surface area contributed by atoms with Crippen molar-refractivity contribution >= 4 is 22.2 Å². The maximum atomic E-state index is 13.7. The quantitative estimate of drug-likeness (QED) is 0.760. The number of hydrogen-bond donors (Lipinski definition) is 2. The number of hydrogen-bond acceptors (Lipinski definition) is 4. The molecule has 0 saturated heterocycles. The van der Waals surface area contributed by atoms with Gasteiger partial charge in [-0.25, -0.2) is 4.39 Å². The fraction of sp³-hybridized carbons (Fsp3) is 0.571. The summed E-state index contributed by atoms with van der Waals surface area (Å²) in [5.41, 5.74) is 6.78. The summed E-state index contributed by atoms with van der Waals surface area (Å²) in [7, 11) is -0.821. The average molecular weight is 302 g/mol. The van der Waals surface area contributed by atoms with Crippen LogP contribution in [0.5, 0.6) is 5.75 Å². The molecule has 4 nitrogen and oxygen atoms in total. The first kappa shape index (κ1) is 16.8. The van der Waals surface area contributed by atoms with E-state index in [-0.39, 0.29) is 17.9 Å². The van der Waals surface area contributed by atoms with Crippen molar-refractivity contribution in [2.24, 2.45) is 0 Å². The third kappa shape index (κ3) is 5.36. The highest BCUT2D eigenvalue weighted by Crippen LogP contribution is 2.29. The first-order valence-electron chi connectivity index (χ1n) is 6.61. The molecular weight excluding hydrogens is 279 g/mol. The molecule has 0 saturated carbocycles. The number of halogens is 1. The molecule has 6 heteroatoms. The molecule has 1 aromatic carbocycles. The number of nitrogen functional groups attached to an aromatic ring is 1. The van der Waals surface area contributed by atoms with Crippen molar-refractivity contribution in [3.63, 3.8) is 0 Å². The monoisotopic (exact) mass is 302 g/mol. The van der Waals surface area contributed by atoms with Gasteiger partial charge in [-0.15, -0.1) is 0 Å². The Hall–Kier alpha value is -1.30. The Labute approximate surface area is 122 Å². The van der Waals surface area contributed by atoms with Gasteiger partial charge in [-0.2, -0.15) is 0 Å². The molecular formula is C14H23FN2O2S. The maximum Gasteiger partial charge on any atom is 0.167 e. The number of ether oxygens (including phenoxy) is 1. The van der Waals surface area contributed by atoms with Crippen LogP contribution in [0.4, 0.5) is 15.8 Å². The number of anilines is 2. The summed E-state index contributed by atoms with van der Waals surface area (Å²) in [6, 6.07) is 2.92. The number of benzene rings is 1. The minimum absolute atomic E-state index is 0.0959. The van der Waals surface area contributed by atoms with Crippen LogP contribution in [-0.4, -0.2) is 28.4 Å². The normalized spacial score (nSPS) is 14.1. The lowest BCUT2D eigenvalue weighted by Gasteiger charge is -2.18. The highest BCUT2D eigenvalue weighted by molar-refractivity contribution is 7.84. The van der Waals surface area contributed by atoms with Gasteiger partial charge < -0.3 is 15.8 Å². The Morgan fingerprint density at radius 3 is 2.60 bits per heavy atom. The maximum absolute atomic E-state index is 13.7. The van der Waals surface area contributed by atoms with E-state index >= 15 is 0 Å². The zero-order valence-corrected chi connectivity index (χ0v) is 13.2. The van der Waals surface area contributed by atoms with Crippen molar-refractivity contribution in [2.75, 3.05) is 23.1 Å². The SMILES string of the molecule is CC(CCS(C)=O)Nc1cc(OC(C)C)c(F)cc1N. The largest absolute Gasteiger partial charge is 0.488 e. The van der Waals surface area contributed by atoms with Gasteiger partial charge in [0.1, 0.15) is 0 Å². The van der Waals surface area contributed by atoms with Crippen LogP contribution < -0.4 is 15.8 Å². The molecule has 0 spiro atoms. The molecule has 0 aliphatic carbocycles. The molecule has 0 bridgehead atoms. The minimum atomic E-state index is -0.821. The van der Waals surface area contributed by atoms with Gasteiger partial charge in [0, 0.05) is 41.0 Å². The van der Waals surface area contributed by atoms with E-state index in [4.69, 9.17) is 10.5 Å². The molecule has 0 heterocycles. The zero-order chi connectivity index (χ0) is 15.3. The van der Waals surface area contributed by atoms with Crippen LogP contribution in [0.3, 0.4) is 0 Å². The summed E-state index contributed by atoms with van der Waals surface area (Å²) >= 11 is 0. The van der Waals surface area contributed by atoms with E-state index in [0.717, 1.165) is 6.42 Å². The summed E-state index contributed by atoms with van der Waals surface area (Å²) in [6.07, 6.45) is 2.31. The van der Waals surface area contributed by atoms with Crippen LogP contribution in [-0.2, 0) is 10.8 Å². The van der Waals surface area contributed by atoms with Crippen molar-refractivity contribution in [1.29, 1.82) is 0 Å². The molecule has 0 radical (unpaired) electrons. The summed E-state index contributed by atoms with van der Waals surface area (Å²) in [5.74, 6) is 0.331. The van der Waals surface area contributed by atoms with Gasteiger partial charge in [-0.3, -0.25) is 4.21 Å². The van der Waals surface area contributed by atoms with Crippen molar-refractivity contribution in [3.05, 3.63) is 17.9 Å². The molecule has 0 aromatic heterocycles. The number of nitrogens with one attached hydrogen (secondary N) is 1. The van der Waals surface area contributed by atoms with Gasteiger partial charge in [0.15, 0.2) is 11.6 Å². The molecule has 0 aliphatic rings. The van der Waals surface area contributed by atoms with Crippen molar-refractivity contribution in [1.82, 2.24) is 0 Å². The van der Waals surface area contributed by atoms with Gasteiger partial charge in [0.05, 0.1) is 17.5 Å². The highest BCUT2D eigenvalue weighted by Gasteiger charge is 2.12. The molecule has 20 heavy (non-hydrogen) atoms. The second-order valence-corrected chi connectivity index (χ2v) is 6.70. The van der Waals surface area contributed by atoms with E-state index in [0.29, 0.717) is 17.1 Å². The van der Waals surface area contributed by atoms with Crippen LogP contribution in [0, 0.1) is 5.82 Å². The fourth-order valence-electron chi connectivity index (χ4n) is 1.72. The lowest BCUT2D eigenvalue weighted by molar-refractivity contribution is 0.231. The van der Waals surface area contributed by atoms with E-state index < -0.39 is 16.6 Å². The third-order valence-electron chi connectivity index (χ3n) is 2.71. The first-order valence-corrected chi connectivity index (χ1v) is 8.34. The summed E-state index contributed by atoms with van der Waals surface area (Å²) in [6.45, 7) is 5.64. The lowest BCUT2D eigenvalue weighted by Crippen LogP contribution is -2.19. The van der Waals surface area contributed by atoms with Crippen LogP contribution in [0.2, 0.25) is 0 Å². The summed E-state index contributed by atoms with van der Waals surface area (Å²) < 4.78 is 30.2. The van der Waals surface area contributed by atoms with E-state index in [2.05, 4.69) is 5.32 Å². The van der Waals surface area contributed by atoms with E-state index in [1.807, 2.05) is 20.8 Å². The summed E-state index contributed by atoms with van der Waals surface area (Å²) in [5, 5.41) is 3.20. The number of rotatable bonds is 7. The molecule has 114 valence electrons. The molecule has 0 aliphatic heterocycles. The molecule has 3 N–H and O–H groups in total. The van der Waals surface area contributed by atoms with E-state index in [1.54, 1.807) is 12.3 Å².